The second kappa shape index (κ2) is 19.5. The molecule has 0 radical (unpaired) electrons. The molecule has 0 bridgehead atoms. The van der Waals surface area contributed by atoms with Gasteiger partial charge in [-0.15, -0.1) is 5.10 Å². The van der Waals surface area contributed by atoms with Crippen LogP contribution in [0.2, 0.25) is 0 Å². The molecule has 0 atom stereocenters. The van der Waals surface area contributed by atoms with Crippen LogP contribution in [0.5, 0.6) is 17.5 Å². The van der Waals surface area contributed by atoms with Gasteiger partial charge in [0.2, 0.25) is 0 Å². The van der Waals surface area contributed by atoms with Gasteiger partial charge in [0.05, 0.1) is 24.5 Å². The summed E-state index contributed by atoms with van der Waals surface area (Å²) in [5, 5.41) is 20.5. The Kier molecular flexibility index (Phi) is 13.3. The molecule has 58 heavy (non-hydrogen) atoms. The monoisotopic (exact) mass is 771 g/mol. The second-order valence-electron chi connectivity index (χ2n) is 14.3. The molecule has 8 rings (SSSR count). The molecule has 0 fully saturated rings. The zero-order chi connectivity index (χ0) is 40.1. The van der Waals surface area contributed by atoms with E-state index in [1.165, 1.54) is 11.1 Å². The number of aromatic hydroxyl groups is 1. The van der Waals surface area contributed by atoms with Gasteiger partial charge >= 0.3 is 6.01 Å². The third-order valence-corrected chi connectivity index (χ3v) is 9.70. The molecular weight excluding hydrogens is 723 g/mol. The maximum Gasteiger partial charge on any atom is 0.319 e. The Hall–Kier alpha value is -6.68. The largest absolute Gasteiger partial charge is 0.488 e. The van der Waals surface area contributed by atoms with E-state index in [1.54, 1.807) is 4.57 Å². The van der Waals surface area contributed by atoms with Crippen molar-refractivity contribution in [1.82, 2.24) is 19.3 Å². The summed E-state index contributed by atoms with van der Waals surface area (Å²) in [4.78, 5) is 0. The highest BCUT2D eigenvalue weighted by atomic mass is 16.5. The normalized spacial score (nSPS) is 11.0. The summed E-state index contributed by atoms with van der Waals surface area (Å²) in [6.45, 7) is 7.67. The lowest BCUT2D eigenvalue weighted by atomic mass is 9.98. The van der Waals surface area contributed by atoms with E-state index >= 15 is 0 Å². The van der Waals surface area contributed by atoms with Crippen LogP contribution >= 0.6 is 0 Å². The minimum absolute atomic E-state index is 0.149. The highest BCUT2D eigenvalue weighted by molar-refractivity contribution is 5.83. The summed E-state index contributed by atoms with van der Waals surface area (Å²) in [5.74, 6) is 1.94. The van der Waals surface area contributed by atoms with Crippen molar-refractivity contribution in [2.75, 3.05) is 6.54 Å². The standard InChI is InChI=1S/C35H35N5O3.C14H14O/c1-24(2)29-20-30(34-37-38-35(41)40(34)28-13-14-31-27(19-28)15-17-39(31)18-16-36)33(43-23-26-11-7-4-8-12-26)21-32(29)42-22-25-9-5-3-6-10-25;1-3-7-13(8-4-1)11-15-12-14-9-5-2-6-10-14/h3-15,17,19-21,24H,16,18,22-23,36H2,1-2H3,(H,38,41);1-10H,11-12H2. The van der Waals surface area contributed by atoms with Gasteiger partial charge in [0, 0.05) is 36.3 Å². The lowest BCUT2D eigenvalue weighted by Gasteiger charge is -2.20. The number of rotatable bonds is 15. The van der Waals surface area contributed by atoms with Crippen molar-refractivity contribution in [3.8, 4) is 34.6 Å². The van der Waals surface area contributed by atoms with Gasteiger partial charge in [-0.2, -0.15) is 0 Å². The van der Waals surface area contributed by atoms with Gasteiger partial charge in [0.1, 0.15) is 24.7 Å². The predicted molar refractivity (Wildman–Crippen MR) is 230 cm³/mol. The van der Waals surface area contributed by atoms with Gasteiger partial charge in [-0.3, -0.25) is 0 Å². The molecule has 0 saturated carbocycles. The first-order valence-corrected chi connectivity index (χ1v) is 19.6. The molecule has 8 aromatic rings. The van der Waals surface area contributed by atoms with E-state index in [0.717, 1.165) is 45.6 Å². The highest BCUT2D eigenvalue weighted by Gasteiger charge is 2.23. The molecule has 0 aliphatic heterocycles. The zero-order valence-electron chi connectivity index (χ0n) is 32.9. The smallest absolute Gasteiger partial charge is 0.319 e. The van der Waals surface area contributed by atoms with Crippen molar-refractivity contribution in [2.24, 2.45) is 5.73 Å². The van der Waals surface area contributed by atoms with Crippen LogP contribution in [0.25, 0.3) is 28.0 Å². The van der Waals surface area contributed by atoms with Crippen LogP contribution in [-0.2, 0) is 37.7 Å². The molecule has 0 saturated heterocycles. The molecule has 2 heterocycles. The van der Waals surface area contributed by atoms with Crippen LogP contribution in [0.15, 0.2) is 164 Å². The van der Waals surface area contributed by atoms with Crippen LogP contribution in [0, 0.1) is 0 Å². The van der Waals surface area contributed by atoms with Gasteiger partial charge < -0.3 is 29.6 Å². The third-order valence-electron chi connectivity index (χ3n) is 9.70. The first-order chi connectivity index (χ1) is 28.5. The third kappa shape index (κ3) is 10.00. The van der Waals surface area contributed by atoms with Crippen molar-refractivity contribution in [2.45, 2.75) is 52.7 Å². The van der Waals surface area contributed by atoms with E-state index in [4.69, 9.17) is 19.9 Å². The Morgan fingerprint density at radius 1 is 0.603 bits per heavy atom. The fourth-order valence-electron chi connectivity index (χ4n) is 6.70. The topological polar surface area (TPSA) is 110 Å². The molecule has 0 spiro atoms. The summed E-state index contributed by atoms with van der Waals surface area (Å²) in [5.41, 5.74) is 13.8. The average Bonchev–Trinajstić information content (AvgIpc) is 3.86. The molecule has 0 aliphatic carbocycles. The molecule has 6 aromatic carbocycles. The molecule has 2 aromatic heterocycles. The molecule has 0 aliphatic rings. The lowest BCUT2D eigenvalue weighted by molar-refractivity contribution is 0.107. The second-order valence-corrected chi connectivity index (χ2v) is 14.3. The number of hydrogen-bond acceptors (Lipinski definition) is 7. The summed E-state index contributed by atoms with van der Waals surface area (Å²) in [7, 11) is 0. The van der Waals surface area contributed by atoms with Crippen LogP contribution in [0.3, 0.4) is 0 Å². The number of nitrogens with zero attached hydrogens (tertiary/aromatic N) is 4. The van der Waals surface area contributed by atoms with Gasteiger partial charge in [-0.05, 0) is 64.1 Å². The number of nitrogens with two attached hydrogens (primary N) is 1. The van der Waals surface area contributed by atoms with Gasteiger partial charge in [0.15, 0.2) is 5.82 Å². The highest BCUT2D eigenvalue weighted by Crippen LogP contribution is 2.41. The SMILES string of the molecule is CC(C)c1cc(-c2nnc(O)n2-c2ccc3c(ccn3CCN)c2)c(OCc2ccccc2)cc1OCc1ccccc1.c1ccc(COCc2ccccc2)cc1. The van der Waals surface area contributed by atoms with E-state index in [0.29, 0.717) is 50.1 Å². The molecule has 0 amide bonds. The first-order valence-electron chi connectivity index (χ1n) is 19.6. The fourth-order valence-corrected chi connectivity index (χ4v) is 6.70. The average molecular weight is 772 g/mol. The molecule has 0 unspecified atom stereocenters. The Balaban J connectivity index is 0.000000286. The summed E-state index contributed by atoms with van der Waals surface area (Å²) < 4.78 is 22.2. The molecule has 9 heteroatoms. The number of aromatic nitrogens is 4. The van der Waals surface area contributed by atoms with Crippen molar-refractivity contribution in [1.29, 1.82) is 0 Å². The number of fused-ring (bicyclic) bond motifs is 1. The Morgan fingerprint density at radius 3 is 1.67 bits per heavy atom. The maximum atomic E-state index is 11.0. The molecule has 9 nitrogen and oxygen atoms in total. The van der Waals surface area contributed by atoms with E-state index in [9.17, 15) is 5.11 Å². The Morgan fingerprint density at radius 2 is 1.14 bits per heavy atom. The van der Waals surface area contributed by atoms with E-state index < -0.39 is 0 Å². The Bertz CT molecular complexity index is 2440. The minimum atomic E-state index is -0.208. The summed E-state index contributed by atoms with van der Waals surface area (Å²) >= 11 is 0. The minimum Gasteiger partial charge on any atom is -0.488 e. The lowest BCUT2D eigenvalue weighted by Crippen LogP contribution is -2.08. The quantitative estimate of drug-likeness (QED) is 0.107. The van der Waals surface area contributed by atoms with Crippen LogP contribution in [-0.4, -0.2) is 31.0 Å². The number of ether oxygens (including phenoxy) is 3. The predicted octanol–water partition coefficient (Wildman–Crippen LogP) is 10.2. The Labute approximate surface area is 339 Å². The van der Waals surface area contributed by atoms with Gasteiger partial charge in [-0.1, -0.05) is 140 Å². The van der Waals surface area contributed by atoms with Crippen molar-refractivity contribution < 1.29 is 19.3 Å². The summed E-state index contributed by atoms with van der Waals surface area (Å²) in [6.07, 6.45) is 2.02. The molecule has 294 valence electrons. The molecule has 3 N–H and O–H groups in total. The van der Waals surface area contributed by atoms with Crippen molar-refractivity contribution >= 4 is 10.9 Å². The maximum absolute atomic E-state index is 11.0. The fraction of sp³-hybridized carbons (Fsp3) is 0.184. The van der Waals surface area contributed by atoms with E-state index in [2.05, 4.69) is 52.9 Å². The number of benzene rings is 6. The number of hydrogen-bond donors (Lipinski definition) is 2. The first kappa shape index (κ1) is 39.6. The molecular formula is C49H49N5O4. The van der Waals surface area contributed by atoms with E-state index in [-0.39, 0.29) is 11.9 Å². The van der Waals surface area contributed by atoms with E-state index in [1.807, 2.05) is 140 Å². The van der Waals surface area contributed by atoms with Gasteiger partial charge in [-0.25, -0.2) is 4.57 Å². The van der Waals surface area contributed by atoms with Crippen LogP contribution in [0.1, 0.15) is 47.6 Å². The zero-order valence-corrected chi connectivity index (χ0v) is 32.9. The van der Waals surface area contributed by atoms with Crippen LogP contribution < -0.4 is 15.2 Å². The van der Waals surface area contributed by atoms with Crippen molar-refractivity contribution in [3.05, 3.63) is 192 Å². The summed E-state index contributed by atoms with van der Waals surface area (Å²) in [6, 6.07) is 52.3. The van der Waals surface area contributed by atoms with Gasteiger partial charge in [0.25, 0.3) is 0 Å². The van der Waals surface area contributed by atoms with Crippen LogP contribution in [0.4, 0.5) is 0 Å². The van der Waals surface area contributed by atoms with Crippen molar-refractivity contribution in [3.63, 3.8) is 0 Å².